The van der Waals surface area contributed by atoms with E-state index in [1.54, 1.807) is 6.08 Å². The van der Waals surface area contributed by atoms with Crippen molar-refractivity contribution in [1.29, 1.82) is 0 Å². The molecule has 4 nitrogen and oxygen atoms in total. The van der Waals surface area contributed by atoms with Gasteiger partial charge in [-0.1, -0.05) is 13.0 Å². The highest BCUT2D eigenvalue weighted by Gasteiger charge is 2.33. The Morgan fingerprint density at radius 1 is 1.67 bits per heavy atom. The zero-order valence-corrected chi connectivity index (χ0v) is 9.51. The van der Waals surface area contributed by atoms with Gasteiger partial charge in [-0.3, -0.25) is 4.79 Å². The average molecular weight is 212 g/mol. The van der Waals surface area contributed by atoms with Gasteiger partial charge in [0.1, 0.15) is 0 Å². The first-order valence-electron chi connectivity index (χ1n) is 5.27. The monoisotopic (exact) mass is 212 g/mol. The molecule has 0 saturated carbocycles. The molecule has 1 saturated heterocycles. The zero-order valence-electron chi connectivity index (χ0n) is 9.51. The van der Waals surface area contributed by atoms with Crippen LogP contribution < -0.4 is 10.6 Å². The lowest BCUT2D eigenvalue weighted by molar-refractivity contribution is -0.124. The Bertz CT molecular complexity index is 237. The molecule has 1 aliphatic rings. The number of rotatable bonds is 6. The second-order valence-corrected chi connectivity index (χ2v) is 4.44. The van der Waals surface area contributed by atoms with Gasteiger partial charge in [0.25, 0.3) is 0 Å². The molecule has 1 unspecified atom stereocenters. The summed E-state index contributed by atoms with van der Waals surface area (Å²) in [6, 6.07) is -0.164. The van der Waals surface area contributed by atoms with E-state index in [0.29, 0.717) is 6.54 Å². The van der Waals surface area contributed by atoms with Crippen LogP contribution in [0.5, 0.6) is 0 Å². The van der Waals surface area contributed by atoms with Crippen molar-refractivity contribution in [1.82, 2.24) is 10.6 Å². The van der Waals surface area contributed by atoms with E-state index in [1.165, 1.54) is 0 Å². The van der Waals surface area contributed by atoms with Crippen LogP contribution in [0.3, 0.4) is 0 Å². The highest BCUT2D eigenvalue weighted by atomic mass is 16.5. The van der Waals surface area contributed by atoms with Crippen molar-refractivity contribution in [2.45, 2.75) is 19.9 Å². The summed E-state index contributed by atoms with van der Waals surface area (Å²) in [5.41, 5.74) is 0.201. The van der Waals surface area contributed by atoms with Gasteiger partial charge in [-0.05, 0) is 6.92 Å². The molecular weight excluding hydrogens is 192 g/mol. The van der Waals surface area contributed by atoms with Gasteiger partial charge in [0.2, 0.25) is 5.91 Å². The van der Waals surface area contributed by atoms with Gasteiger partial charge in [-0.15, -0.1) is 6.58 Å². The van der Waals surface area contributed by atoms with E-state index in [0.717, 1.165) is 19.8 Å². The van der Waals surface area contributed by atoms with Crippen LogP contribution in [0, 0.1) is 5.41 Å². The van der Waals surface area contributed by atoms with Crippen molar-refractivity contribution >= 4 is 5.91 Å². The summed E-state index contributed by atoms with van der Waals surface area (Å²) >= 11 is 0. The van der Waals surface area contributed by atoms with Crippen molar-refractivity contribution in [3.63, 3.8) is 0 Å². The number of hydrogen-bond acceptors (Lipinski definition) is 3. The fourth-order valence-electron chi connectivity index (χ4n) is 1.37. The molecule has 0 aliphatic carbocycles. The predicted octanol–water partition coefficient (Wildman–Crippen LogP) is 0.303. The topological polar surface area (TPSA) is 50.4 Å². The molecule has 2 N–H and O–H groups in total. The lowest BCUT2D eigenvalue weighted by Gasteiger charge is -2.38. The van der Waals surface area contributed by atoms with Crippen LogP contribution in [-0.4, -0.2) is 38.3 Å². The van der Waals surface area contributed by atoms with E-state index in [2.05, 4.69) is 24.1 Å². The number of amides is 1. The molecular formula is C11H20N2O2. The normalized spacial score (nSPS) is 20.1. The van der Waals surface area contributed by atoms with Gasteiger partial charge in [-0.25, -0.2) is 0 Å². The second-order valence-electron chi connectivity index (χ2n) is 4.44. The Kier molecular flexibility index (Phi) is 4.29. The molecule has 0 aromatic rings. The van der Waals surface area contributed by atoms with Crippen molar-refractivity contribution in [2.75, 3.05) is 26.3 Å². The molecule has 1 atom stereocenters. The predicted molar refractivity (Wildman–Crippen MR) is 59.6 cm³/mol. The summed E-state index contributed by atoms with van der Waals surface area (Å²) in [7, 11) is 0. The first-order chi connectivity index (χ1) is 7.07. The average Bonchev–Trinajstić information content (AvgIpc) is 2.19. The maximum atomic E-state index is 11.5. The van der Waals surface area contributed by atoms with E-state index in [1.807, 2.05) is 6.92 Å². The van der Waals surface area contributed by atoms with Crippen molar-refractivity contribution < 1.29 is 9.53 Å². The highest BCUT2D eigenvalue weighted by molar-refractivity contribution is 5.81. The summed E-state index contributed by atoms with van der Waals surface area (Å²) in [5, 5.41) is 5.96. The zero-order chi connectivity index (χ0) is 11.3. The minimum absolute atomic E-state index is 0.0127. The molecule has 1 heterocycles. The summed E-state index contributed by atoms with van der Waals surface area (Å²) in [4.78, 5) is 11.5. The summed E-state index contributed by atoms with van der Waals surface area (Å²) in [6.45, 7) is 10.5. The number of carbonyl (C=O) groups is 1. The van der Waals surface area contributed by atoms with E-state index < -0.39 is 0 Å². The summed E-state index contributed by atoms with van der Waals surface area (Å²) in [6.07, 6.45) is 1.67. The van der Waals surface area contributed by atoms with E-state index >= 15 is 0 Å². The third-order valence-corrected chi connectivity index (χ3v) is 2.55. The number of ether oxygens (including phenoxy) is 1. The molecule has 0 bridgehead atoms. The Morgan fingerprint density at radius 2 is 2.33 bits per heavy atom. The molecule has 1 aliphatic heterocycles. The van der Waals surface area contributed by atoms with Crippen molar-refractivity contribution in [2.24, 2.45) is 5.41 Å². The Balaban J connectivity index is 2.19. The van der Waals surface area contributed by atoms with Crippen LogP contribution in [0.4, 0.5) is 0 Å². The van der Waals surface area contributed by atoms with Gasteiger partial charge in [0, 0.05) is 18.5 Å². The quantitative estimate of drug-likeness (QED) is 0.623. The van der Waals surface area contributed by atoms with Crippen LogP contribution in [0.2, 0.25) is 0 Å². The standard InChI is InChI=1S/C11H20N2O2/c1-4-5-12-10(14)9(2)13-6-11(3)7-15-8-11/h4,9,13H,1,5-8H2,2-3H3,(H,12,14). The fraction of sp³-hybridized carbons (Fsp3) is 0.727. The molecule has 15 heavy (non-hydrogen) atoms. The highest BCUT2D eigenvalue weighted by Crippen LogP contribution is 2.25. The van der Waals surface area contributed by atoms with Gasteiger partial charge >= 0.3 is 0 Å². The largest absolute Gasteiger partial charge is 0.380 e. The molecule has 1 rings (SSSR count). The van der Waals surface area contributed by atoms with Crippen LogP contribution in [-0.2, 0) is 9.53 Å². The first-order valence-corrected chi connectivity index (χ1v) is 5.27. The number of hydrogen-bond donors (Lipinski definition) is 2. The van der Waals surface area contributed by atoms with Crippen LogP contribution in [0.25, 0.3) is 0 Å². The molecule has 86 valence electrons. The third-order valence-electron chi connectivity index (χ3n) is 2.55. The molecule has 1 fully saturated rings. The van der Waals surface area contributed by atoms with Gasteiger partial charge < -0.3 is 15.4 Å². The van der Waals surface area contributed by atoms with Gasteiger partial charge in [0.05, 0.1) is 19.3 Å². The molecule has 1 amide bonds. The SMILES string of the molecule is C=CCNC(=O)C(C)NCC1(C)COC1. The number of nitrogens with one attached hydrogen (secondary N) is 2. The fourth-order valence-corrected chi connectivity index (χ4v) is 1.37. The summed E-state index contributed by atoms with van der Waals surface area (Å²) < 4.78 is 5.14. The second kappa shape index (κ2) is 5.28. The lowest BCUT2D eigenvalue weighted by Crippen LogP contribution is -2.52. The first kappa shape index (κ1) is 12.2. The van der Waals surface area contributed by atoms with E-state index in [4.69, 9.17) is 4.74 Å². The number of carbonyl (C=O) groups excluding carboxylic acids is 1. The molecule has 0 radical (unpaired) electrons. The van der Waals surface area contributed by atoms with Gasteiger partial charge in [-0.2, -0.15) is 0 Å². The molecule has 0 aromatic carbocycles. The molecule has 0 aromatic heterocycles. The Morgan fingerprint density at radius 3 is 2.80 bits per heavy atom. The summed E-state index contributed by atoms with van der Waals surface area (Å²) in [5.74, 6) is 0.0127. The molecule has 0 spiro atoms. The maximum absolute atomic E-state index is 11.5. The van der Waals surface area contributed by atoms with Crippen LogP contribution in [0.15, 0.2) is 12.7 Å². The Labute approximate surface area is 91.1 Å². The van der Waals surface area contributed by atoms with Crippen LogP contribution >= 0.6 is 0 Å². The lowest BCUT2D eigenvalue weighted by atomic mass is 9.88. The van der Waals surface area contributed by atoms with Crippen molar-refractivity contribution in [3.05, 3.63) is 12.7 Å². The third kappa shape index (κ3) is 3.64. The minimum atomic E-state index is -0.164. The maximum Gasteiger partial charge on any atom is 0.237 e. The molecule has 4 heteroatoms. The van der Waals surface area contributed by atoms with E-state index in [9.17, 15) is 4.79 Å². The van der Waals surface area contributed by atoms with E-state index in [-0.39, 0.29) is 17.4 Å². The van der Waals surface area contributed by atoms with Crippen LogP contribution in [0.1, 0.15) is 13.8 Å². The van der Waals surface area contributed by atoms with Crippen molar-refractivity contribution in [3.8, 4) is 0 Å². The van der Waals surface area contributed by atoms with Gasteiger partial charge in [0.15, 0.2) is 0 Å². The smallest absolute Gasteiger partial charge is 0.237 e. The Hall–Kier alpha value is -0.870. The minimum Gasteiger partial charge on any atom is -0.380 e.